The molecule has 3 aromatic heterocycles. The van der Waals surface area contributed by atoms with Crippen LogP contribution in [0.3, 0.4) is 0 Å². The first-order chi connectivity index (χ1) is 11.7. The van der Waals surface area contributed by atoms with Crippen LogP contribution < -0.4 is 0 Å². The molecule has 0 aliphatic carbocycles. The Kier molecular flexibility index (Phi) is 4.32. The summed E-state index contributed by atoms with van der Waals surface area (Å²) >= 11 is 0. The van der Waals surface area contributed by atoms with E-state index in [-0.39, 0.29) is 11.6 Å². The van der Waals surface area contributed by atoms with Gasteiger partial charge in [0.15, 0.2) is 11.6 Å². The minimum absolute atomic E-state index is 0.204. The minimum atomic E-state index is -4.40. The molecule has 0 N–H and O–H groups in total. The Morgan fingerprint density at radius 1 is 1.12 bits per heavy atom. The third-order valence-electron chi connectivity index (χ3n) is 3.75. The lowest BCUT2D eigenvalue weighted by Crippen LogP contribution is -2.23. The summed E-state index contributed by atoms with van der Waals surface area (Å²) in [6.45, 7) is 4.24. The maximum absolute atomic E-state index is 13.0. The van der Waals surface area contributed by atoms with Crippen molar-refractivity contribution < 1.29 is 13.2 Å². The first kappa shape index (κ1) is 17.1. The Morgan fingerprint density at radius 3 is 2.36 bits per heavy atom. The van der Waals surface area contributed by atoms with Crippen molar-refractivity contribution in [3.63, 3.8) is 0 Å². The van der Waals surface area contributed by atoms with Crippen LogP contribution in [0.15, 0.2) is 30.6 Å². The summed E-state index contributed by atoms with van der Waals surface area (Å²) in [5.41, 5.74) is 2.25. The van der Waals surface area contributed by atoms with Crippen molar-refractivity contribution in [3.05, 3.63) is 47.8 Å². The second kappa shape index (κ2) is 6.30. The van der Waals surface area contributed by atoms with Crippen LogP contribution in [0.25, 0.3) is 11.4 Å². The molecule has 0 aliphatic rings. The number of aromatic nitrogens is 6. The lowest BCUT2D eigenvalue weighted by atomic mass is 10.2. The molecule has 0 radical (unpaired) electrons. The molecule has 0 bridgehead atoms. The molecule has 0 amide bonds. The molecule has 25 heavy (non-hydrogen) atoms. The number of hydrogen-bond donors (Lipinski definition) is 0. The third kappa shape index (κ3) is 3.70. The molecular weight excluding hydrogens is 333 g/mol. The topological polar surface area (TPSA) is 61.4 Å². The standard InChI is InChI=1S/C16H17F3N6/c1-10-8-11(2)25(22-10)12(3)15-21-14(13-4-6-20-7-5-13)23-24(15)9-16(17,18)19/h4-8,12H,9H2,1-3H3/t12-/m0/s1. The Labute approximate surface area is 142 Å². The zero-order chi connectivity index (χ0) is 18.2. The van der Waals surface area contributed by atoms with Gasteiger partial charge in [-0.1, -0.05) is 0 Å². The van der Waals surface area contributed by atoms with Gasteiger partial charge in [0.1, 0.15) is 12.6 Å². The van der Waals surface area contributed by atoms with Gasteiger partial charge in [0.25, 0.3) is 0 Å². The highest BCUT2D eigenvalue weighted by atomic mass is 19.4. The average molecular weight is 350 g/mol. The number of nitrogens with zero attached hydrogens (tertiary/aromatic N) is 6. The molecule has 0 aliphatic heterocycles. The van der Waals surface area contributed by atoms with Crippen LogP contribution in [0.4, 0.5) is 13.2 Å². The van der Waals surface area contributed by atoms with Gasteiger partial charge < -0.3 is 0 Å². The van der Waals surface area contributed by atoms with E-state index < -0.39 is 18.8 Å². The normalized spacial score (nSPS) is 13.2. The number of aryl methyl sites for hydroxylation is 2. The summed E-state index contributed by atoms with van der Waals surface area (Å²) in [6.07, 6.45) is -1.30. The fraction of sp³-hybridized carbons (Fsp3) is 0.375. The predicted octanol–water partition coefficient (Wildman–Crippen LogP) is 3.33. The van der Waals surface area contributed by atoms with Crippen molar-refractivity contribution in [2.24, 2.45) is 0 Å². The second-order valence-corrected chi connectivity index (χ2v) is 5.85. The summed E-state index contributed by atoms with van der Waals surface area (Å²) in [5, 5.41) is 8.42. The summed E-state index contributed by atoms with van der Waals surface area (Å²) < 4.78 is 41.4. The van der Waals surface area contributed by atoms with E-state index >= 15 is 0 Å². The van der Waals surface area contributed by atoms with Crippen molar-refractivity contribution in [1.29, 1.82) is 0 Å². The molecular formula is C16H17F3N6. The fourth-order valence-electron chi connectivity index (χ4n) is 2.72. The first-order valence-corrected chi connectivity index (χ1v) is 7.69. The molecule has 0 spiro atoms. The monoisotopic (exact) mass is 350 g/mol. The number of rotatable bonds is 4. The Hall–Kier alpha value is -2.71. The van der Waals surface area contributed by atoms with Crippen LogP contribution in [0.5, 0.6) is 0 Å². The number of pyridine rings is 1. The van der Waals surface area contributed by atoms with E-state index in [9.17, 15) is 13.2 Å². The summed E-state index contributed by atoms with van der Waals surface area (Å²) in [7, 11) is 0. The largest absolute Gasteiger partial charge is 0.408 e. The van der Waals surface area contributed by atoms with E-state index in [1.165, 1.54) is 0 Å². The zero-order valence-corrected chi connectivity index (χ0v) is 14.0. The van der Waals surface area contributed by atoms with Crippen LogP contribution in [-0.2, 0) is 6.54 Å². The van der Waals surface area contributed by atoms with E-state index in [1.54, 1.807) is 36.1 Å². The molecule has 0 aromatic carbocycles. The summed E-state index contributed by atoms with van der Waals surface area (Å²) in [4.78, 5) is 8.25. The van der Waals surface area contributed by atoms with Crippen LogP contribution in [0, 0.1) is 13.8 Å². The molecule has 0 saturated carbocycles. The van der Waals surface area contributed by atoms with Gasteiger partial charge in [0.05, 0.1) is 5.69 Å². The van der Waals surface area contributed by atoms with Crippen molar-refractivity contribution in [1.82, 2.24) is 29.5 Å². The lowest BCUT2D eigenvalue weighted by Gasteiger charge is -2.15. The maximum atomic E-state index is 13.0. The summed E-state index contributed by atoms with van der Waals surface area (Å²) in [5.74, 6) is 0.436. The van der Waals surface area contributed by atoms with Crippen molar-refractivity contribution in [3.8, 4) is 11.4 Å². The molecule has 0 unspecified atom stereocenters. The van der Waals surface area contributed by atoms with Crippen LogP contribution in [0.1, 0.15) is 30.2 Å². The maximum Gasteiger partial charge on any atom is 0.408 e. The van der Waals surface area contributed by atoms with Crippen molar-refractivity contribution in [2.45, 2.75) is 39.5 Å². The Morgan fingerprint density at radius 2 is 1.80 bits per heavy atom. The number of hydrogen-bond acceptors (Lipinski definition) is 4. The highest BCUT2D eigenvalue weighted by molar-refractivity contribution is 5.53. The quantitative estimate of drug-likeness (QED) is 0.724. The van der Waals surface area contributed by atoms with Gasteiger partial charge in [-0.15, -0.1) is 0 Å². The Balaban J connectivity index is 2.07. The van der Waals surface area contributed by atoms with E-state index in [1.807, 2.05) is 19.9 Å². The molecule has 0 fully saturated rings. The van der Waals surface area contributed by atoms with Gasteiger partial charge in [-0.05, 0) is 39.0 Å². The fourth-order valence-corrected chi connectivity index (χ4v) is 2.72. The Bertz CT molecular complexity index is 866. The van der Waals surface area contributed by atoms with Crippen molar-refractivity contribution in [2.75, 3.05) is 0 Å². The molecule has 3 rings (SSSR count). The number of halogens is 3. The molecule has 3 aromatic rings. The highest BCUT2D eigenvalue weighted by Gasteiger charge is 2.32. The second-order valence-electron chi connectivity index (χ2n) is 5.85. The molecule has 1 atom stereocenters. The van der Waals surface area contributed by atoms with Gasteiger partial charge in [-0.25, -0.2) is 9.67 Å². The van der Waals surface area contributed by atoms with Gasteiger partial charge >= 0.3 is 6.18 Å². The van der Waals surface area contributed by atoms with Gasteiger partial charge in [0.2, 0.25) is 0 Å². The van der Waals surface area contributed by atoms with Crippen molar-refractivity contribution >= 4 is 0 Å². The zero-order valence-electron chi connectivity index (χ0n) is 14.0. The van der Waals surface area contributed by atoms with Crippen LogP contribution >= 0.6 is 0 Å². The van der Waals surface area contributed by atoms with Gasteiger partial charge in [0, 0.05) is 23.7 Å². The third-order valence-corrected chi connectivity index (χ3v) is 3.75. The SMILES string of the molecule is Cc1cc(C)n([C@@H](C)c2nc(-c3ccncc3)nn2CC(F)(F)F)n1. The summed E-state index contributed by atoms with van der Waals surface area (Å²) in [6, 6.07) is 4.69. The van der Waals surface area contributed by atoms with E-state index in [0.717, 1.165) is 16.1 Å². The molecule has 3 heterocycles. The predicted molar refractivity (Wildman–Crippen MR) is 84.8 cm³/mol. The van der Waals surface area contributed by atoms with E-state index in [0.29, 0.717) is 5.56 Å². The molecule has 0 saturated heterocycles. The number of alkyl halides is 3. The smallest absolute Gasteiger partial charge is 0.265 e. The molecule has 132 valence electrons. The first-order valence-electron chi connectivity index (χ1n) is 7.69. The van der Waals surface area contributed by atoms with Crippen LogP contribution in [0.2, 0.25) is 0 Å². The van der Waals surface area contributed by atoms with Gasteiger partial charge in [-0.2, -0.15) is 23.4 Å². The minimum Gasteiger partial charge on any atom is -0.265 e. The van der Waals surface area contributed by atoms with Gasteiger partial charge in [-0.3, -0.25) is 9.67 Å². The van der Waals surface area contributed by atoms with Crippen LogP contribution in [-0.4, -0.2) is 35.7 Å². The van der Waals surface area contributed by atoms with E-state index in [4.69, 9.17) is 0 Å². The highest BCUT2D eigenvalue weighted by Crippen LogP contribution is 2.25. The molecule has 6 nitrogen and oxygen atoms in total. The molecule has 9 heteroatoms. The average Bonchev–Trinajstić information content (AvgIpc) is 3.09. The lowest BCUT2D eigenvalue weighted by molar-refractivity contribution is -0.143. The van der Waals surface area contributed by atoms with E-state index in [2.05, 4.69) is 20.2 Å².